The first kappa shape index (κ1) is 16.0. The highest BCUT2D eigenvalue weighted by Gasteiger charge is 2.45. The van der Waals surface area contributed by atoms with Gasteiger partial charge in [0.2, 0.25) is 0 Å². The predicted octanol–water partition coefficient (Wildman–Crippen LogP) is 4.42. The van der Waals surface area contributed by atoms with Gasteiger partial charge in [-0.05, 0) is 43.9 Å². The van der Waals surface area contributed by atoms with E-state index in [2.05, 4.69) is 27.7 Å². The molecule has 1 saturated carbocycles. The molecule has 0 aliphatic heterocycles. The van der Waals surface area contributed by atoms with E-state index in [1.807, 2.05) is 14.2 Å². The van der Waals surface area contributed by atoms with Crippen LogP contribution in [0.2, 0.25) is 0 Å². The average molecular weight is 256 g/mol. The predicted molar refractivity (Wildman–Crippen MR) is 76.9 cm³/mol. The van der Waals surface area contributed by atoms with Crippen LogP contribution in [0.1, 0.15) is 66.2 Å². The van der Waals surface area contributed by atoms with Gasteiger partial charge in [-0.3, -0.25) is 0 Å². The zero-order valence-electron chi connectivity index (χ0n) is 13.2. The molecular formula is C16H32O2. The highest BCUT2D eigenvalue weighted by atomic mass is 16.5. The molecule has 2 nitrogen and oxygen atoms in total. The van der Waals surface area contributed by atoms with Crippen molar-refractivity contribution in [3.05, 3.63) is 0 Å². The lowest BCUT2D eigenvalue weighted by Gasteiger charge is -2.48. The zero-order chi connectivity index (χ0) is 13.8. The largest absolute Gasteiger partial charge is 0.378 e. The van der Waals surface area contributed by atoms with Gasteiger partial charge < -0.3 is 9.47 Å². The van der Waals surface area contributed by atoms with E-state index >= 15 is 0 Å². The van der Waals surface area contributed by atoms with Gasteiger partial charge in [0.1, 0.15) is 0 Å². The molecule has 0 saturated heterocycles. The first-order valence-electron chi connectivity index (χ1n) is 7.47. The fourth-order valence-corrected chi connectivity index (χ4v) is 3.85. The molecule has 0 aromatic carbocycles. The first-order chi connectivity index (χ1) is 8.37. The Morgan fingerprint density at radius 1 is 0.833 bits per heavy atom. The molecule has 0 radical (unpaired) electrons. The molecule has 1 aliphatic rings. The monoisotopic (exact) mass is 256 g/mol. The van der Waals surface area contributed by atoms with Crippen molar-refractivity contribution >= 4 is 0 Å². The van der Waals surface area contributed by atoms with Crippen LogP contribution in [0.3, 0.4) is 0 Å². The van der Waals surface area contributed by atoms with Crippen molar-refractivity contribution in [3.63, 3.8) is 0 Å². The number of hydrogen-bond donors (Lipinski definition) is 0. The van der Waals surface area contributed by atoms with E-state index in [0.29, 0.717) is 11.8 Å². The Balaban J connectivity index is 2.83. The molecule has 1 rings (SSSR count). The summed E-state index contributed by atoms with van der Waals surface area (Å²) in [5.41, 5.74) is 0.0780. The minimum Gasteiger partial charge on any atom is -0.378 e. The van der Waals surface area contributed by atoms with E-state index in [4.69, 9.17) is 9.47 Å². The maximum Gasteiger partial charge on any atom is 0.0708 e. The van der Waals surface area contributed by atoms with Crippen molar-refractivity contribution < 1.29 is 9.47 Å². The summed E-state index contributed by atoms with van der Waals surface area (Å²) < 4.78 is 11.9. The molecule has 2 unspecified atom stereocenters. The van der Waals surface area contributed by atoms with Crippen molar-refractivity contribution in [1.29, 1.82) is 0 Å². The van der Waals surface area contributed by atoms with Crippen LogP contribution in [0.5, 0.6) is 0 Å². The van der Waals surface area contributed by atoms with Crippen LogP contribution in [0.25, 0.3) is 0 Å². The van der Waals surface area contributed by atoms with Gasteiger partial charge in [-0.1, -0.05) is 27.7 Å². The van der Waals surface area contributed by atoms with Crippen molar-refractivity contribution in [1.82, 2.24) is 0 Å². The molecule has 0 heterocycles. The van der Waals surface area contributed by atoms with E-state index in [1.165, 1.54) is 19.3 Å². The topological polar surface area (TPSA) is 18.5 Å². The Bertz CT molecular complexity index is 225. The molecular weight excluding hydrogens is 224 g/mol. The van der Waals surface area contributed by atoms with Crippen LogP contribution in [0.4, 0.5) is 0 Å². The Labute approximate surface area is 113 Å². The third-order valence-corrected chi connectivity index (χ3v) is 4.34. The van der Waals surface area contributed by atoms with Crippen LogP contribution in [0, 0.1) is 11.8 Å². The lowest BCUT2D eigenvalue weighted by atomic mass is 9.69. The maximum atomic E-state index is 5.95. The fraction of sp³-hybridized carbons (Fsp3) is 1.00. The van der Waals surface area contributed by atoms with Crippen molar-refractivity contribution in [2.24, 2.45) is 11.8 Å². The second-order valence-electron chi connectivity index (χ2n) is 7.00. The van der Waals surface area contributed by atoms with Crippen molar-refractivity contribution in [2.45, 2.75) is 77.4 Å². The molecule has 0 bridgehead atoms. The van der Waals surface area contributed by atoms with Gasteiger partial charge in [-0.15, -0.1) is 0 Å². The molecule has 108 valence electrons. The molecule has 1 fully saturated rings. The number of ether oxygens (including phenoxy) is 2. The van der Waals surface area contributed by atoms with Crippen LogP contribution in [0.15, 0.2) is 0 Å². The van der Waals surface area contributed by atoms with Gasteiger partial charge in [0.15, 0.2) is 0 Å². The lowest BCUT2D eigenvalue weighted by Crippen LogP contribution is -2.49. The van der Waals surface area contributed by atoms with E-state index in [1.54, 1.807) is 0 Å². The van der Waals surface area contributed by atoms with Crippen LogP contribution >= 0.6 is 0 Å². The Kier molecular flexibility index (Phi) is 5.67. The summed E-state index contributed by atoms with van der Waals surface area (Å²) in [5.74, 6) is 1.35. The number of rotatable bonds is 6. The molecule has 0 N–H and O–H groups in total. The molecule has 2 atom stereocenters. The second-order valence-corrected chi connectivity index (χ2v) is 7.00. The third-order valence-electron chi connectivity index (χ3n) is 4.34. The van der Waals surface area contributed by atoms with Crippen LogP contribution < -0.4 is 0 Å². The van der Waals surface area contributed by atoms with Gasteiger partial charge in [-0.25, -0.2) is 0 Å². The Hall–Kier alpha value is -0.0800. The summed E-state index contributed by atoms with van der Waals surface area (Å²) in [4.78, 5) is 0. The molecule has 2 heteroatoms. The minimum absolute atomic E-state index is 0.0390. The first-order valence-corrected chi connectivity index (χ1v) is 7.47. The summed E-state index contributed by atoms with van der Waals surface area (Å²) in [7, 11) is 3.76. The Morgan fingerprint density at radius 2 is 1.22 bits per heavy atom. The molecule has 0 aromatic heterocycles. The third kappa shape index (κ3) is 3.96. The SMILES string of the molecule is COC1(CC(C)C)CCCC(CC(C)C)(OC)C1. The smallest absolute Gasteiger partial charge is 0.0708 e. The quantitative estimate of drug-likeness (QED) is 0.700. The zero-order valence-corrected chi connectivity index (χ0v) is 13.2. The molecule has 1 aliphatic carbocycles. The highest BCUT2D eigenvalue weighted by molar-refractivity contribution is 4.98. The highest BCUT2D eigenvalue weighted by Crippen LogP contribution is 2.45. The summed E-state index contributed by atoms with van der Waals surface area (Å²) >= 11 is 0. The standard InChI is InChI=1S/C16H32O2/c1-13(2)10-15(17-5)8-7-9-16(12-15,18-6)11-14(3)4/h13-14H,7-12H2,1-6H3. The van der Waals surface area contributed by atoms with Crippen LogP contribution in [-0.2, 0) is 9.47 Å². The van der Waals surface area contributed by atoms with Gasteiger partial charge in [0.05, 0.1) is 11.2 Å². The second kappa shape index (κ2) is 6.38. The Morgan fingerprint density at radius 3 is 1.50 bits per heavy atom. The summed E-state index contributed by atoms with van der Waals surface area (Å²) in [6.07, 6.45) is 6.94. The fourth-order valence-electron chi connectivity index (χ4n) is 3.85. The van der Waals surface area contributed by atoms with Gasteiger partial charge in [0, 0.05) is 20.6 Å². The normalized spacial score (nSPS) is 33.3. The average Bonchev–Trinajstić information content (AvgIpc) is 2.27. The molecule has 0 aromatic rings. The molecule has 18 heavy (non-hydrogen) atoms. The van der Waals surface area contributed by atoms with Crippen LogP contribution in [-0.4, -0.2) is 25.4 Å². The van der Waals surface area contributed by atoms with Crippen molar-refractivity contribution in [2.75, 3.05) is 14.2 Å². The molecule has 0 spiro atoms. The number of methoxy groups -OCH3 is 2. The van der Waals surface area contributed by atoms with E-state index in [0.717, 1.165) is 19.3 Å². The summed E-state index contributed by atoms with van der Waals surface area (Å²) in [6.45, 7) is 9.14. The molecule has 0 amide bonds. The van der Waals surface area contributed by atoms with E-state index in [9.17, 15) is 0 Å². The van der Waals surface area contributed by atoms with Gasteiger partial charge in [-0.2, -0.15) is 0 Å². The number of hydrogen-bond acceptors (Lipinski definition) is 2. The van der Waals surface area contributed by atoms with Crippen molar-refractivity contribution in [3.8, 4) is 0 Å². The summed E-state index contributed by atoms with van der Waals surface area (Å²) in [6, 6.07) is 0. The summed E-state index contributed by atoms with van der Waals surface area (Å²) in [5, 5.41) is 0. The van der Waals surface area contributed by atoms with E-state index < -0.39 is 0 Å². The lowest BCUT2D eigenvalue weighted by molar-refractivity contribution is -0.148. The minimum atomic E-state index is 0.0390. The van der Waals surface area contributed by atoms with Gasteiger partial charge >= 0.3 is 0 Å². The van der Waals surface area contributed by atoms with E-state index in [-0.39, 0.29) is 11.2 Å². The maximum absolute atomic E-state index is 5.95. The van der Waals surface area contributed by atoms with Gasteiger partial charge in [0.25, 0.3) is 0 Å².